The van der Waals surface area contributed by atoms with Gasteiger partial charge in [0.2, 0.25) is 0 Å². The van der Waals surface area contributed by atoms with Crippen molar-refractivity contribution in [2.75, 3.05) is 25.5 Å². The Kier molecular flexibility index (Phi) is 5.42. The summed E-state index contributed by atoms with van der Waals surface area (Å²) in [6.07, 6.45) is 6.37. The van der Waals surface area contributed by atoms with Crippen LogP contribution in [-0.2, 0) is 9.53 Å². The highest BCUT2D eigenvalue weighted by Gasteiger charge is 2.24. The van der Waals surface area contributed by atoms with Gasteiger partial charge in [0.05, 0.1) is 17.1 Å². The lowest BCUT2D eigenvalue weighted by molar-refractivity contribution is -0.124. The fourth-order valence-corrected chi connectivity index (χ4v) is 2.45. The number of rotatable bonds is 4. The molecule has 5 nitrogen and oxygen atoms in total. The number of terminal acetylenes is 1. The minimum Gasteiger partial charge on any atom is -0.368 e. The van der Waals surface area contributed by atoms with Crippen LogP contribution in [0.15, 0.2) is 18.2 Å². The van der Waals surface area contributed by atoms with Gasteiger partial charge in [0.15, 0.2) is 0 Å². The molecule has 1 aromatic rings. The van der Waals surface area contributed by atoms with Gasteiger partial charge < -0.3 is 15.0 Å². The van der Waals surface area contributed by atoms with Gasteiger partial charge >= 0.3 is 0 Å². The first-order valence-electron chi connectivity index (χ1n) is 6.94. The van der Waals surface area contributed by atoms with Crippen molar-refractivity contribution < 1.29 is 14.3 Å². The smallest absolute Gasteiger partial charge is 0.255 e. The summed E-state index contributed by atoms with van der Waals surface area (Å²) in [5, 5.41) is 3.00. The number of hydrogen-bond acceptors (Lipinski definition) is 3. The fourth-order valence-electron chi connectivity index (χ4n) is 2.19. The van der Waals surface area contributed by atoms with Gasteiger partial charge in [-0.3, -0.25) is 9.59 Å². The Balaban J connectivity index is 2.07. The van der Waals surface area contributed by atoms with Crippen molar-refractivity contribution >= 4 is 29.1 Å². The van der Waals surface area contributed by atoms with Crippen molar-refractivity contribution in [2.24, 2.45) is 0 Å². The van der Waals surface area contributed by atoms with E-state index in [9.17, 15) is 9.59 Å². The number of halogens is 1. The summed E-state index contributed by atoms with van der Waals surface area (Å²) in [7, 11) is 1.60. The zero-order valence-electron chi connectivity index (χ0n) is 12.3. The molecule has 0 saturated carbocycles. The van der Waals surface area contributed by atoms with E-state index in [1.54, 1.807) is 25.2 Å². The van der Waals surface area contributed by atoms with Crippen LogP contribution < -0.4 is 5.32 Å². The van der Waals surface area contributed by atoms with Crippen LogP contribution in [0.5, 0.6) is 0 Å². The van der Waals surface area contributed by atoms with Crippen LogP contribution in [0.4, 0.5) is 5.69 Å². The first-order valence-corrected chi connectivity index (χ1v) is 7.31. The number of hydrogen-bond donors (Lipinski definition) is 1. The van der Waals surface area contributed by atoms with Crippen molar-refractivity contribution in [2.45, 2.75) is 18.9 Å². The monoisotopic (exact) mass is 320 g/mol. The topological polar surface area (TPSA) is 58.6 Å². The molecule has 0 bridgehead atoms. The van der Waals surface area contributed by atoms with Crippen LogP contribution in [0, 0.1) is 12.3 Å². The summed E-state index contributed by atoms with van der Waals surface area (Å²) in [5.74, 6) is 1.94. The predicted molar refractivity (Wildman–Crippen MR) is 84.8 cm³/mol. The van der Waals surface area contributed by atoms with Crippen molar-refractivity contribution in [1.29, 1.82) is 0 Å². The number of anilines is 1. The van der Waals surface area contributed by atoms with E-state index >= 15 is 0 Å². The van der Waals surface area contributed by atoms with E-state index in [1.807, 2.05) is 0 Å². The normalized spacial score (nSPS) is 16.9. The zero-order chi connectivity index (χ0) is 16.1. The molecule has 2 rings (SSSR count). The number of nitrogens with one attached hydrogen (secondary N) is 1. The Morgan fingerprint density at radius 2 is 2.32 bits per heavy atom. The molecule has 1 heterocycles. The second kappa shape index (κ2) is 7.30. The molecule has 0 aliphatic carbocycles. The lowest BCUT2D eigenvalue weighted by atomic mass is 10.1. The maximum absolute atomic E-state index is 12.1. The largest absolute Gasteiger partial charge is 0.368 e. The quantitative estimate of drug-likeness (QED) is 0.865. The molecular formula is C16H17ClN2O3. The summed E-state index contributed by atoms with van der Waals surface area (Å²) in [6, 6.07) is 4.75. The molecule has 1 aliphatic heterocycles. The molecule has 1 aliphatic rings. The Labute approximate surface area is 134 Å². The van der Waals surface area contributed by atoms with Crippen LogP contribution >= 0.6 is 11.6 Å². The highest BCUT2D eigenvalue weighted by molar-refractivity contribution is 6.34. The van der Waals surface area contributed by atoms with Crippen LogP contribution in [0.2, 0.25) is 5.02 Å². The molecule has 1 fully saturated rings. The van der Waals surface area contributed by atoms with Gasteiger partial charge in [0, 0.05) is 19.3 Å². The van der Waals surface area contributed by atoms with Crippen LogP contribution in [0.3, 0.4) is 0 Å². The SMILES string of the molecule is C#CCN(C)C(=O)c1ccc(NC(=O)C2CCCO2)cc1Cl. The standard InChI is InChI=1S/C16H17ClN2O3/c1-3-8-19(2)16(21)12-7-6-11(10-13(12)17)18-15(20)14-5-4-9-22-14/h1,6-7,10,14H,4-5,8-9H2,2H3,(H,18,20). The van der Waals surface area contributed by atoms with Crippen molar-refractivity contribution in [3.8, 4) is 12.3 Å². The number of benzene rings is 1. The van der Waals surface area contributed by atoms with Crippen molar-refractivity contribution in [1.82, 2.24) is 4.90 Å². The van der Waals surface area contributed by atoms with Gasteiger partial charge in [-0.1, -0.05) is 17.5 Å². The van der Waals surface area contributed by atoms with E-state index in [-0.39, 0.29) is 23.4 Å². The number of carbonyl (C=O) groups is 2. The maximum atomic E-state index is 12.1. The Morgan fingerprint density at radius 1 is 1.55 bits per heavy atom. The third-order valence-electron chi connectivity index (χ3n) is 3.36. The van der Waals surface area contributed by atoms with E-state index in [4.69, 9.17) is 22.8 Å². The van der Waals surface area contributed by atoms with E-state index in [0.717, 1.165) is 6.42 Å². The van der Waals surface area contributed by atoms with Gasteiger partial charge in [0.25, 0.3) is 11.8 Å². The molecule has 1 unspecified atom stereocenters. The third-order valence-corrected chi connectivity index (χ3v) is 3.68. The molecule has 116 valence electrons. The van der Waals surface area contributed by atoms with Crippen LogP contribution in [0.25, 0.3) is 0 Å². The molecule has 6 heteroatoms. The van der Waals surface area contributed by atoms with E-state index in [0.29, 0.717) is 24.3 Å². The van der Waals surface area contributed by atoms with Crippen LogP contribution in [-0.4, -0.2) is 43.0 Å². The first kappa shape index (κ1) is 16.3. The fraction of sp³-hybridized carbons (Fsp3) is 0.375. The molecular weight excluding hydrogens is 304 g/mol. The van der Waals surface area contributed by atoms with Gasteiger partial charge in [-0.2, -0.15) is 0 Å². The van der Waals surface area contributed by atoms with E-state index in [2.05, 4.69) is 11.2 Å². The summed E-state index contributed by atoms with van der Waals surface area (Å²) in [5.41, 5.74) is 0.871. The molecule has 1 atom stereocenters. The average molecular weight is 321 g/mol. The number of carbonyl (C=O) groups excluding carboxylic acids is 2. The first-order chi connectivity index (χ1) is 10.5. The Hall–Kier alpha value is -2.03. The second-order valence-corrected chi connectivity index (χ2v) is 5.46. The molecule has 0 radical (unpaired) electrons. The maximum Gasteiger partial charge on any atom is 0.255 e. The molecule has 0 spiro atoms. The van der Waals surface area contributed by atoms with E-state index < -0.39 is 6.10 Å². The summed E-state index contributed by atoms with van der Waals surface area (Å²) < 4.78 is 5.31. The number of ether oxygens (including phenoxy) is 1. The lowest BCUT2D eigenvalue weighted by Gasteiger charge is -2.16. The summed E-state index contributed by atoms with van der Waals surface area (Å²) in [6.45, 7) is 0.806. The van der Waals surface area contributed by atoms with Crippen molar-refractivity contribution in [3.05, 3.63) is 28.8 Å². The van der Waals surface area contributed by atoms with Gasteiger partial charge in [-0.15, -0.1) is 6.42 Å². The molecule has 1 N–H and O–H groups in total. The van der Waals surface area contributed by atoms with Gasteiger partial charge in [-0.25, -0.2) is 0 Å². The summed E-state index contributed by atoms with van der Waals surface area (Å²) in [4.78, 5) is 25.5. The average Bonchev–Trinajstić information content (AvgIpc) is 3.01. The molecule has 2 amide bonds. The number of nitrogens with zero attached hydrogens (tertiary/aromatic N) is 1. The molecule has 1 aromatic carbocycles. The summed E-state index contributed by atoms with van der Waals surface area (Å²) >= 11 is 6.13. The van der Waals surface area contributed by atoms with Gasteiger partial charge in [-0.05, 0) is 31.0 Å². The van der Waals surface area contributed by atoms with Gasteiger partial charge in [0.1, 0.15) is 6.10 Å². The molecule has 0 aromatic heterocycles. The minimum atomic E-state index is -0.415. The highest BCUT2D eigenvalue weighted by atomic mass is 35.5. The third kappa shape index (κ3) is 3.79. The predicted octanol–water partition coefficient (Wildman–Crippen LogP) is 2.16. The minimum absolute atomic E-state index is 0.197. The highest BCUT2D eigenvalue weighted by Crippen LogP contribution is 2.23. The lowest BCUT2D eigenvalue weighted by Crippen LogP contribution is -2.28. The molecule has 1 saturated heterocycles. The van der Waals surface area contributed by atoms with Crippen molar-refractivity contribution in [3.63, 3.8) is 0 Å². The molecule has 22 heavy (non-hydrogen) atoms. The Morgan fingerprint density at radius 3 is 2.91 bits per heavy atom. The number of amides is 2. The Bertz CT molecular complexity index is 618. The van der Waals surface area contributed by atoms with Crippen LogP contribution in [0.1, 0.15) is 23.2 Å². The second-order valence-electron chi connectivity index (χ2n) is 5.05. The van der Waals surface area contributed by atoms with E-state index in [1.165, 1.54) is 4.90 Å². The zero-order valence-corrected chi connectivity index (χ0v) is 13.0.